The second kappa shape index (κ2) is 6.87. The lowest BCUT2D eigenvalue weighted by molar-refractivity contribution is 0.0443. The molecule has 1 amide bonds. The summed E-state index contributed by atoms with van der Waals surface area (Å²) in [4.78, 5) is 31.5. The number of hydrogen-bond donors (Lipinski definition) is 1. The number of hydrogen-bond acceptors (Lipinski definition) is 6. The van der Waals surface area contributed by atoms with E-state index >= 15 is 0 Å². The number of aryl methyl sites for hydroxylation is 1. The second-order valence-electron chi connectivity index (χ2n) is 6.11. The van der Waals surface area contributed by atoms with Gasteiger partial charge in [-0.15, -0.1) is 0 Å². The third-order valence-corrected chi connectivity index (χ3v) is 4.31. The van der Waals surface area contributed by atoms with Crippen LogP contribution in [0.5, 0.6) is 0 Å². The smallest absolute Gasteiger partial charge is 0.274 e. The molecule has 0 saturated carbocycles. The molecule has 1 fully saturated rings. The van der Waals surface area contributed by atoms with E-state index in [1.54, 1.807) is 11.1 Å². The van der Waals surface area contributed by atoms with E-state index in [0.29, 0.717) is 18.1 Å². The van der Waals surface area contributed by atoms with E-state index in [9.17, 15) is 4.79 Å². The van der Waals surface area contributed by atoms with Crippen LogP contribution < -0.4 is 5.32 Å². The molecule has 1 aliphatic rings. The fourth-order valence-electron chi connectivity index (χ4n) is 2.99. The lowest BCUT2D eigenvalue weighted by Crippen LogP contribution is -2.45. The summed E-state index contributed by atoms with van der Waals surface area (Å²) in [5.41, 5.74) is 2.14. The number of nitrogens with one attached hydrogen (secondary N) is 1. The lowest BCUT2D eigenvalue weighted by Gasteiger charge is -2.40. The molecule has 7 heteroatoms. The minimum Gasteiger partial charge on any atom is -0.340 e. The van der Waals surface area contributed by atoms with Gasteiger partial charge in [-0.25, -0.2) is 15.0 Å². The molecule has 0 bridgehead atoms. The average molecular weight is 346 g/mol. The summed E-state index contributed by atoms with van der Waals surface area (Å²) >= 11 is 0. The van der Waals surface area contributed by atoms with Gasteiger partial charge in [0.2, 0.25) is 0 Å². The zero-order valence-corrected chi connectivity index (χ0v) is 14.3. The first kappa shape index (κ1) is 16.1. The molecule has 1 N–H and O–H groups in total. The zero-order valence-electron chi connectivity index (χ0n) is 14.3. The summed E-state index contributed by atoms with van der Waals surface area (Å²) in [6.45, 7) is 2.54. The van der Waals surface area contributed by atoms with Gasteiger partial charge in [-0.2, -0.15) is 0 Å². The van der Waals surface area contributed by atoms with Crippen LogP contribution in [0.4, 0.5) is 11.5 Å². The van der Waals surface area contributed by atoms with E-state index in [2.05, 4.69) is 25.3 Å². The molecule has 0 spiro atoms. The Morgan fingerprint density at radius 2 is 2.04 bits per heavy atom. The standard InChI is InChI=1S/C19H18N6O/c1-13-22-15(11-18(23-13)24-14-5-3-2-4-6-14)17-7-10-25(17)19(26)16-12-20-8-9-21-16/h2-6,8-9,11-12,17H,7,10H2,1H3,(H,22,23,24)/t17-/m0/s1. The van der Waals surface area contributed by atoms with Gasteiger partial charge in [-0.3, -0.25) is 9.78 Å². The Balaban J connectivity index is 1.57. The first-order valence-electron chi connectivity index (χ1n) is 8.45. The van der Waals surface area contributed by atoms with Crippen molar-refractivity contribution in [3.63, 3.8) is 0 Å². The predicted molar refractivity (Wildman–Crippen MR) is 96.9 cm³/mol. The molecular weight excluding hydrogens is 328 g/mol. The van der Waals surface area contributed by atoms with Crippen LogP contribution in [0, 0.1) is 6.92 Å². The van der Waals surface area contributed by atoms with Gasteiger partial charge in [0.15, 0.2) is 0 Å². The summed E-state index contributed by atoms with van der Waals surface area (Å²) in [6.07, 6.45) is 5.44. The molecule has 1 aromatic carbocycles. The third kappa shape index (κ3) is 3.23. The minimum atomic E-state index is -0.122. The van der Waals surface area contributed by atoms with Crippen molar-refractivity contribution in [1.82, 2.24) is 24.8 Å². The quantitative estimate of drug-likeness (QED) is 0.782. The number of aromatic nitrogens is 4. The Morgan fingerprint density at radius 3 is 2.73 bits per heavy atom. The third-order valence-electron chi connectivity index (χ3n) is 4.31. The van der Waals surface area contributed by atoms with Gasteiger partial charge in [-0.05, 0) is 25.5 Å². The van der Waals surface area contributed by atoms with Crippen LogP contribution >= 0.6 is 0 Å². The van der Waals surface area contributed by atoms with Crippen molar-refractivity contribution in [3.8, 4) is 0 Å². The van der Waals surface area contributed by atoms with Crippen LogP contribution in [0.25, 0.3) is 0 Å². The molecule has 130 valence electrons. The molecule has 1 aliphatic heterocycles. The number of rotatable bonds is 4. The molecule has 3 aromatic rings. The first-order chi connectivity index (χ1) is 12.7. The monoisotopic (exact) mass is 346 g/mol. The number of carbonyl (C=O) groups is 1. The number of anilines is 2. The van der Waals surface area contributed by atoms with E-state index in [-0.39, 0.29) is 11.9 Å². The Morgan fingerprint density at radius 1 is 1.19 bits per heavy atom. The highest BCUT2D eigenvalue weighted by atomic mass is 16.2. The molecule has 4 rings (SSSR count). The molecule has 3 heterocycles. The van der Waals surface area contributed by atoms with Crippen molar-refractivity contribution in [2.75, 3.05) is 11.9 Å². The fourth-order valence-corrected chi connectivity index (χ4v) is 2.99. The highest BCUT2D eigenvalue weighted by Crippen LogP contribution is 2.34. The summed E-state index contributed by atoms with van der Waals surface area (Å²) < 4.78 is 0. The van der Waals surface area contributed by atoms with Crippen molar-refractivity contribution in [3.05, 3.63) is 72.2 Å². The number of benzene rings is 1. The number of carbonyl (C=O) groups excluding carboxylic acids is 1. The van der Waals surface area contributed by atoms with Crippen molar-refractivity contribution < 1.29 is 4.79 Å². The number of amides is 1. The van der Waals surface area contributed by atoms with Crippen molar-refractivity contribution in [1.29, 1.82) is 0 Å². The lowest BCUT2D eigenvalue weighted by atomic mass is 9.98. The van der Waals surface area contributed by atoms with E-state index in [1.807, 2.05) is 43.3 Å². The molecule has 26 heavy (non-hydrogen) atoms. The summed E-state index contributed by atoms with van der Waals surface area (Å²) in [7, 11) is 0. The van der Waals surface area contributed by atoms with Gasteiger partial charge in [0.05, 0.1) is 17.9 Å². The summed E-state index contributed by atoms with van der Waals surface area (Å²) in [5, 5.41) is 3.29. The average Bonchev–Trinajstić information content (AvgIpc) is 2.62. The highest BCUT2D eigenvalue weighted by molar-refractivity contribution is 5.92. The molecule has 2 aromatic heterocycles. The molecule has 1 atom stereocenters. The van der Waals surface area contributed by atoms with Crippen LogP contribution in [0.15, 0.2) is 55.0 Å². The normalized spacial score (nSPS) is 16.0. The van der Waals surface area contributed by atoms with Crippen LogP contribution in [0.2, 0.25) is 0 Å². The Bertz CT molecular complexity index is 916. The van der Waals surface area contributed by atoms with Crippen LogP contribution in [0.3, 0.4) is 0 Å². The van der Waals surface area contributed by atoms with Gasteiger partial charge < -0.3 is 10.2 Å². The summed E-state index contributed by atoms with van der Waals surface area (Å²) in [6, 6.07) is 11.7. The fraction of sp³-hybridized carbons (Fsp3) is 0.211. The maximum absolute atomic E-state index is 12.6. The minimum absolute atomic E-state index is 0.0671. The number of likely N-dealkylation sites (tertiary alicyclic amines) is 1. The number of para-hydroxylation sites is 1. The van der Waals surface area contributed by atoms with E-state index < -0.39 is 0 Å². The highest BCUT2D eigenvalue weighted by Gasteiger charge is 2.35. The maximum atomic E-state index is 12.6. The molecule has 0 radical (unpaired) electrons. The van der Waals surface area contributed by atoms with Gasteiger partial charge in [0.25, 0.3) is 5.91 Å². The molecular formula is C19H18N6O. The SMILES string of the molecule is Cc1nc(Nc2ccccc2)cc([C@@H]2CCN2C(=O)c2cnccn2)n1. The maximum Gasteiger partial charge on any atom is 0.274 e. The Labute approximate surface area is 151 Å². The van der Waals surface area contributed by atoms with Crippen LogP contribution in [0.1, 0.15) is 34.5 Å². The zero-order chi connectivity index (χ0) is 17.9. The second-order valence-corrected chi connectivity index (χ2v) is 6.11. The topological polar surface area (TPSA) is 83.9 Å². The van der Waals surface area contributed by atoms with Crippen molar-refractivity contribution >= 4 is 17.4 Å². The van der Waals surface area contributed by atoms with Crippen molar-refractivity contribution in [2.45, 2.75) is 19.4 Å². The molecule has 0 unspecified atom stereocenters. The number of nitrogens with zero attached hydrogens (tertiary/aromatic N) is 5. The Hall–Kier alpha value is -3.35. The first-order valence-corrected chi connectivity index (χ1v) is 8.45. The van der Waals surface area contributed by atoms with E-state index in [1.165, 1.54) is 12.4 Å². The van der Waals surface area contributed by atoms with E-state index in [0.717, 1.165) is 23.6 Å². The van der Waals surface area contributed by atoms with Gasteiger partial charge >= 0.3 is 0 Å². The van der Waals surface area contributed by atoms with E-state index in [4.69, 9.17) is 0 Å². The Kier molecular flexibility index (Phi) is 4.27. The predicted octanol–water partition coefficient (Wildman–Crippen LogP) is 2.91. The summed E-state index contributed by atoms with van der Waals surface area (Å²) in [5.74, 6) is 1.26. The molecule has 0 aliphatic carbocycles. The van der Waals surface area contributed by atoms with Gasteiger partial charge in [0, 0.05) is 30.7 Å². The van der Waals surface area contributed by atoms with Crippen LogP contribution in [-0.2, 0) is 0 Å². The van der Waals surface area contributed by atoms with Crippen molar-refractivity contribution in [2.24, 2.45) is 0 Å². The largest absolute Gasteiger partial charge is 0.340 e. The molecule has 1 saturated heterocycles. The molecule has 7 nitrogen and oxygen atoms in total. The van der Waals surface area contributed by atoms with Crippen LogP contribution in [-0.4, -0.2) is 37.3 Å². The van der Waals surface area contributed by atoms with Gasteiger partial charge in [-0.1, -0.05) is 18.2 Å². The van der Waals surface area contributed by atoms with Gasteiger partial charge in [0.1, 0.15) is 17.3 Å².